The van der Waals surface area contributed by atoms with Gasteiger partial charge in [-0.25, -0.2) is 13.8 Å². The number of carbonyl (C=O) groups is 1. The Kier molecular flexibility index (Phi) is 8.87. The van der Waals surface area contributed by atoms with E-state index in [1.54, 1.807) is 6.07 Å². The summed E-state index contributed by atoms with van der Waals surface area (Å²) in [6.07, 6.45) is 3.21. The minimum Gasteiger partial charge on any atom is -0.463 e. The predicted octanol–water partition coefficient (Wildman–Crippen LogP) is 4.42. The standard InChI is InChI=1S/C32H34ClF2N7O4S/c1-2-23(43)37-18-14-42(9-12-45-15-18)29-20-13-21(33)24(19-3-4-22(34)28-27(19)38-30(36)47-28)25(35)26(20)39-31(40-29)46-17-32(5-6-32)16-41-7-10-44-11-8-41/h2-4,13,18H,1,5-12,14-17H2,(H2,36,38)(H,37,43)/t18-/m1/s1. The topological polar surface area (TPSA) is 128 Å². The number of amides is 1. The summed E-state index contributed by atoms with van der Waals surface area (Å²) in [5.41, 5.74) is 6.38. The van der Waals surface area contributed by atoms with Gasteiger partial charge in [-0.2, -0.15) is 9.97 Å². The molecule has 2 aromatic carbocycles. The molecule has 11 nitrogen and oxygen atoms in total. The third-order valence-electron chi connectivity index (χ3n) is 8.85. The maximum atomic E-state index is 16.8. The zero-order chi connectivity index (χ0) is 32.7. The van der Waals surface area contributed by atoms with Crippen LogP contribution in [-0.2, 0) is 14.3 Å². The highest BCUT2D eigenvalue weighted by atomic mass is 35.5. The first-order valence-electron chi connectivity index (χ1n) is 15.5. The van der Waals surface area contributed by atoms with Gasteiger partial charge < -0.3 is 30.2 Å². The molecule has 15 heteroatoms. The molecule has 4 heterocycles. The van der Waals surface area contributed by atoms with Gasteiger partial charge in [-0.05, 0) is 37.1 Å². The van der Waals surface area contributed by atoms with Crippen LogP contribution in [0.15, 0.2) is 30.9 Å². The highest BCUT2D eigenvalue weighted by Crippen LogP contribution is 2.47. The fraction of sp³-hybridized carbons (Fsp3) is 0.438. The van der Waals surface area contributed by atoms with Gasteiger partial charge in [0.25, 0.3) is 0 Å². The Morgan fingerprint density at radius 3 is 2.72 bits per heavy atom. The second-order valence-corrected chi connectivity index (χ2v) is 13.6. The Bertz CT molecular complexity index is 1850. The van der Waals surface area contributed by atoms with Crippen LogP contribution in [0.1, 0.15) is 12.8 Å². The molecule has 3 fully saturated rings. The van der Waals surface area contributed by atoms with Gasteiger partial charge in [-0.15, -0.1) is 0 Å². The van der Waals surface area contributed by atoms with Crippen LogP contribution < -0.4 is 20.7 Å². The molecule has 0 bridgehead atoms. The molecule has 0 radical (unpaired) electrons. The van der Waals surface area contributed by atoms with E-state index in [2.05, 4.69) is 26.8 Å². The zero-order valence-electron chi connectivity index (χ0n) is 25.6. The Hall–Kier alpha value is -3.69. The second kappa shape index (κ2) is 13.1. The number of fused-ring (bicyclic) bond motifs is 2. The van der Waals surface area contributed by atoms with Crippen molar-refractivity contribution in [1.29, 1.82) is 0 Å². The van der Waals surface area contributed by atoms with Crippen LogP contribution in [0.3, 0.4) is 0 Å². The lowest BCUT2D eigenvalue weighted by molar-refractivity contribution is -0.117. The van der Waals surface area contributed by atoms with Crippen molar-refractivity contribution in [3.8, 4) is 17.1 Å². The lowest BCUT2D eigenvalue weighted by atomic mass is 10.0. The zero-order valence-corrected chi connectivity index (χ0v) is 27.1. The normalized spacial score (nSPS) is 19.9. The Balaban J connectivity index is 1.30. The van der Waals surface area contributed by atoms with Gasteiger partial charge in [-0.3, -0.25) is 9.69 Å². The molecular weight excluding hydrogens is 652 g/mol. The maximum Gasteiger partial charge on any atom is 0.319 e. The number of aromatic nitrogens is 3. The molecule has 47 heavy (non-hydrogen) atoms. The number of rotatable bonds is 9. The van der Waals surface area contributed by atoms with Crippen molar-refractivity contribution in [3.05, 3.63) is 47.5 Å². The summed E-state index contributed by atoms with van der Waals surface area (Å²) in [5.74, 6) is -1.18. The van der Waals surface area contributed by atoms with E-state index < -0.39 is 11.6 Å². The second-order valence-electron chi connectivity index (χ2n) is 12.2. The number of thiazole rings is 1. The molecule has 2 aliphatic heterocycles. The quantitative estimate of drug-likeness (QED) is 0.245. The van der Waals surface area contributed by atoms with E-state index in [-0.39, 0.29) is 61.4 Å². The van der Waals surface area contributed by atoms with Gasteiger partial charge in [0.05, 0.1) is 54.3 Å². The molecule has 0 spiro atoms. The van der Waals surface area contributed by atoms with Crippen LogP contribution >= 0.6 is 22.9 Å². The van der Waals surface area contributed by atoms with Gasteiger partial charge in [0.1, 0.15) is 17.2 Å². The first-order valence-corrected chi connectivity index (χ1v) is 16.7. The van der Waals surface area contributed by atoms with Crippen molar-refractivity contribution in [1.82, 2.24) is 25.2 Å². The van der Waals surface area contributed by atoms with Gasteiger partial charge >= 0.3 is 6.01 Å². The minimum atomic E-state index is -0.725. The molecular formula is C32H34ClF2N7O4S. The number of hydrogen-bond donors (Lipinski definition) is 2. The number of morpholine rings is 1. The van der Waals surface area contributed by atoms with Gasteiger partial charge in [-0.1, -0.05) is 29.5 Å². The number of ether oxygens (including phenoxy) is 3. The lowest BCUT2D eigenvalue weighted by Crippen LogP contribution is -2.44. The lowest BCUT2D eigenvalue weighted by Gasteiger charge is -2.30. The van der Waals surface area contributed by atoms with Crippen molar-refractivity contribution >= 4 is 60.9 Å². The summed E-state index contributed by atoms with van der Waals surface area (Å²) in [6.45, 7) is 9.29. The van der Waals surface area contributed by atoms with Crippen molar-refractivity contribution in [2.45, 2.75) is 18.9 Å². The highest BCUT2D eigenvalue weighted by molar-refractivity contribution is 7.22. The van der Waals surface area contributed by atoms with Gasteiger partial charge in [0.2, 0.25) is 5.91 Å². The summed E-state index contributed by atoms with van der Waals surface area (Å²) >= 11 is 7.79. The molecule has 0 unspecified atom stereocenters. The average Bonchev–Trinajstić information content (AvgIpc) is 3.77. The molecule has 1 atom stereocenters. The SMILES string of the molecule is C=CC(=O)N[C@H]1COCCN(c2nc(OCC3(CN4CCOCC4)CC3)nc3c(F)c(-c4ccc(F)c5sc(N)nc45)c(Cl)cc23)C1. The largest absolute Gasteiger partial charge is 0.463 e. The van der Waals surface area contributed by atoms with Gasteiger partial charge in [0.15, 0.2) is 10.9 Å². The van der Waals surface area contributed by atoms with Crippen molar-refractivity contribution in [3.63, 3.8) is 0 Å². The average molecular weight is 686 g/mol. The smallest absolute Gasteiger partial charge is 0.319 e. The number of hydrogen-bond acceptors (Lipinski definition) is 11. The Morgan fingerprint density at radius 2 is 1.96 bits per heavy atom. The highest BCUT2D eigenvalue weighted by Gasteiger charge is 2.45. The van der Waals surface area contributed by atoms with Crippen LogP contribution in [0.5, 0.6) is 6.01 Å². The van der Waals surface area contributed by atoms with E-state index in [9.17, 15) is 9.18 Å². The number of nitrogens with one attached hydrogen (secondary N) is 1. The molecule has 1 aliphatic carbocycles. The van der Waals surface area contributed by atoms with Crippen LogP contribution in [0.2, 0.25) is 5.02 Å². The molecule has 7 rings (SSSR count). The number of halogens is 3. The fourth-order valence-electron chi connectivity index (χ4n) is 6.23. The number of nitrogen functional groups attached to an aromatic ring is 1. The molecule has 2 saturated heterocycles. The molecule has 3 N–H and O–H groups in total. The summed E-state index contributed by atoms with van der Waals surface area (Å²) < 4.78 is 49.3. The van der Waals surface area contributed by atoms with Crippen LogP contribution in [-0.4, -0.2) is 97.6 Å². The minimum absolute atomic E-state index is 0.0139. The first kappa shape index (κ1) is 31.9. The van der Waals surface area contributed by atoms with E-state index in [0.29, 0.717) is 56.3 Å². The van der Waals surface area contributed by atoms with E-state index in [1.165, 1.54) is 18.2 Å². The van der Waals surface area contributed by atoms with E-state index in [1.807, 2.05) is 4.90 Å². The molecule has 4 aromatic rings. The van der Waals surface area contributed by atoms with Crippen LogP contribution in [0.25, 0.3) is 32.2 Å². The van der Waals surface area contributed by atoms with E-state index >= 15 is 4.39 Å². The summed E-state index contributed by atoms with van der Waals surface area (Å²) in [7, 11) is 0. The molecule has 3 aliphatic rings. The van der Waals surface area contributed by atoms with E-state index in [0.717, 1.165) is 43.8 Å². The molecule has 2 aromatic heterocycles. The maximum absolute atomic E-state index is 16.8. The fourth-order valence-corrected chi connectivity index (χ4v) is 7.29. The number of benzene rings is 2. The number of nitrogens with zero attached hydrogens (tertiary/aromatic N) is 5. The first-order chi connectivity index (χ1) is 22.7. The Labute approximate surface area is 278 Å². The molecule has 1 amide bonds. The van der Waals surface area contributed by atoms with Crippen molar-refractivity contribution < 1.29 is 27.8 Å². The third kappa shape index (κ3) is 6.57. The van der Waals surface area contributed by atoms with Crippen LogP contribution in [0.4, 0.5) is 19.7 Å². The third-order valence-corrected chi connectivity index (χ3v) is 10.0. The van der Waals surface area contributed by atoms with E-state index in [4.69, 9.17) is 36.5 Å². The number of nitrogens with two attached hydrogens (primary N) is 1. The van der Waals surface area contributed by atoms with Crippen molar-refractivity contribution in [2.75, 3.05) is 76.4 Å². The van der Waals surface area contributed by atoms with Crippen molar-refractivity contribution in [2.24, 2.45) is 5.41 Å². The predicted molar refractivity (Wildman–Crippen MR) is 177 cm³/mol. The Morgan fingerprint density at radius 1 is 1.17 bits per heavy atom. The summed E-state index contributed by atoms with van der Waals surface area (Å²) in [4.78, 5) is 30.1. The number of anilines is 2. The summed E-state index contributed by atoms with van der Waals surface area (Å²) in [6, 6.07) is 3.92. The monoisotopic (exact) mass is 685 g/mol. The molecule has 248 valence electrons. The number of carbonyl (C=O) groups excluding carboxylic acids is 1. The molecule has 1 saturated carbocycles. The summed E-state index contributed by atoms with van der Waals surface area (Å²) in [5, 5.41) is 3.45. The van der Waals surface area contributed by atoms with Crippen LogP contribution in [0, 0.1) is 17.0 Å². The van der Waals surface area contributed by atoms with Gasteiger partial charge in [0, 0.05) is 54.7 Å².